The van der Waals surface area contributed by atoms with Gasteiger partial charge in [-0.1, -0.05) is 0 Å². The molecule has 0 bridgehead atoms. The Balaban J connectivity index is -0.000000131. The van der Waals surface area contributed by atoms with Gasteiger partial charge in [0.25, 0.3) is 0 Å². The van der Waals surface area contributed by atoms with E-state index in [9.17, 15) is 0 Å². The molecular formula is C6H10O7. The lowest BCUT2D eigenvalue weighted by molar-refractivity contribution is -0.159. The molecule has 0 amide bonds. The molecule has 0 unspecified atom stereocenters. The lowest BCUT2D eigenvalue weighted by atomic mass is 10.7. The van der Waals surface area contributed by atoms with Crippen LogP contribution in [0.2, 0.25) is 0 Å². The van der Waals surface area contributed by atoms with Gasteiger partial charge in [0.05, 0.1) is 0 Å². The minimum Gasteiger partial charge on any atom is -0.480 e. The van der Waals surface area contributed by atoms with Crippen molar-refractivity contribution in [3.63, 3.8) is 0 Å². The van der Waals surface area contributed by atoms with Crippen molar-refractivity contribution in [2.24, 2.45) is 0 Å². The van der Waals surface area contributed by atoms with E-state index in [1.807, 2.05) is 0 Å². The predicted octanol–water partition coefficient (Wildman–Crippen LogP) is -0.979. The maximum absolute atomic E-state index is 9.12. The second kappa shape index (κ2) is 12.8. The van der Waals surface area contributed by atoms with Gasteiger partial charge in [0.2, 0.25) is 0 Å². The Morgan fingerprint density at radius 1 is 0.923 bits per heavy atom. The maximum Gasteiger partial charge on any atom is 0.414 e. The number of aliphatic hydroxyl groups excluding tert-OH is 1. The molecule has 0 aliphatic carbocycles. The number of hydrogen-bond donors (Lipinski definition) is 4. The Morgan fingerprint density at radius 3 is 1.08 bits per heavy atom. The number of carboxylic acid groups (broad SMARTS) is 3. The monoisotopic (exact) mass is 194 g/mol. The Morgan fingerprint density at radius 2 is 1.08 bits per heavy atom. The fourth-order valence-corrected chi connectivity index (χ4v) is 0. The van der Waals surface area contributed by atoms with Gasteiger partial charge in [0.1, 0.15) is 6.61 Å². The molecule has 0 heterocycles. The molecule has 0 aromatic heterocycles. The number of aliphatic hydroxyl groups is 1. The highest BCUT2D eigenvalue weighted by Crippen LogP contribution is 1.56. The normalized spacial score (nSPS) is 6.54. The van der Waals surface area contributed by atoms with E-state index in [4.69, 9.17) is 34.8 Å². The summed E-state index contributed by atoms with van der Waals surface area (Å²) in [5.41, 5.74) is 0. The van der Waals surface area contributed by atoms with Crippen LogP contribution in [-0.4, -0.2) is 44.9 Å². The van der Waals surface area contributed by atoms with Crippen LogP contribution in [0.5, 0.6) is 0 Å². The van der Waals surface area contributed by atoms with Crippen LogP contribution in [0, 0.1) is 0 Å². The van der Waals surface area contributed by atoms with E-state index >= 15 is 0 Å². The molecule has 76 valence electrons. The molecule has 13 heavy (non-hydrogen) atoms. The first kappa shape index (κ1) is 17.3. The van der Waals surface area contributed by atoms with E-state index in [1.165, 1.54) is 0 Å². The standard InChI is InChI=1S/C2H2O4.C2H4O3.C2H4/c3-1(4)2(5)6;3-1-2(4)5;1-2/h(H,3,4)(H,5,6);3H,1H2,(H,4,5);1-2H2. The van der Waals surface area contributed by atoms with Crippen LogP contribution in [0.1, 0.15) is 0 Å². The molecule has 0 saturated heterocycles. The van der Waals surface area contributed by atoms with E-state index in [0.717, 1.165) is 0 Å². The smallest absolute Gasteiger partial charge is 0.414 e. The van der Waals surface area contributed by atoms with Gasteiger partial charge in [-0.3, -0.25) is 0 Å². The third-order valence-corrected chi connectivity index (χ3v) is 0.318. The van der Waals surface area contributed by atoms with Gasteiger partial charge in [-0.2, -0.15) is 0 Å². The highest BCUT2D eigenvalue weighted by atomic mass is 16.4. The molecule has 0 aromatic rings. The fraction of sp³-hybridized carbons (Fsp3) is 0.167. The summed E-state index contributed by atoms with van der Waals surface area (Å²) in [5.74, 6) is -4.84. The van der Waals surface area contributed by atoms with Crippen molar-refractivity contribution in [3.8, 4) is 0 Å². The van der Waals surface area contributed by atoms with Gasteiger partial charge in [-0.25, -0.2) is 14.4 Å². The highest BCUT2D eigenvalue weighted by molar-refractivity contribution is 6.27. The fourth-order valence-electron chi connectivity index (χ4n) is 0. The summed E-state index contributed by atoms with van der Waals surface area (Å²) in [6, 6.07) is 0. The molecule has 0 aliphatic rings. The molecule has 0 aliphatic heterocycles. The van der Waals surface area contributed by atoms with E-state index in [0.29, 0.717) is 0 Å². The van der Waals surface area contributed by atoms with Crippen LogP contribution in [-0.2, 0) is 14.4 Å². The van der Waals surface area contributed by atoms with Crippen LogP contribution in [0.15, 0.2) is 13.2 Å². The lowest BCUT2D eigenvalue weighted by Crippen LogP contribution is -2.09. The van der Waals surface area contributed by atoms with E-state index in [1.54, 1.807) is 0 Å². The average Bonchev–Trinajstić information content (AvgIpc) is 2.09. The predicted molar refractivity (Wildman–Crippen MR) is 41.2 cm³/mol. The van der Waals surface area contributed by atoms with Crippen LogP contribution in [0.25, 0.3) is 0 Å². The first-order valence-electron chi connectivity index (χ1n) is 2.70. The molecule has 0 fully saturated rings. The number of aliphatic carboxylic acids is 3. The summed E-state index contributed by atoms with van der Waals surface area (Å²) in [7, 11) is 0. The van der Waals surface area contributed by atoms with Crippen LogP contribution in [0.3, 0.4) is 0 Å². The zero-order valence-electron chi connectivity index (χ0n) is 6.63. The summed E-state index contributed by atoms with van der Waals surface area (Å²) in [5, 5.41) is 29.8. The van der Waals surface area contributed by atoms with Crippen LogP contribution >= 0.6 is 0 Å². The molecule has 0 saturated carbocycles. The van der Waals surface area contributed by atoms with Gasteiger partial charge in [0.15, 0.2) is 0 Å². The molecule has 7 nitrogen and oxygen atoms in total. The molecule has 0 spiro atoms. The first-order chi connectivity index (χ1) is 5.91. The Hall–Kier alpha value is -1.89. The van der Waals surface area contributed by atoms with Gasteiger partial charge in [-0.15, -0.1) is 13.2 Å². The molecule has 4 N–H and O–H groups in total. The minimum absolute atomic E-state index is 0.778. The summed E-state index contributed by atoms with van der Waals surface area (Å²) >= 11 is 0. The second-order valence-electron chi connectivity index (χ2n) is 1.16. The quantitative estimate of drug-likeness (QED) is 0.311. The van der Waals surface area contributed by atoms with Crippen molar-refractivity contribution in [2.75, 3.05) is 6.61 Å². The number of rotatable bonds is 1. The summed E-state index contributed by atoms with van der Waals surface area (Å²) in [6.07, 6.45) is 0. The van der Waals surface area contributed by atoms with Crippen molar-refractivity contribution in [2.45, 2.75) is 0 Å². The zero-order chi connectivity index (χ0) is 11.4. The third-order valence-electron chi connectivity index (χ3n) is 0.318. The molecular weight excluding hydrogens is 184 g/mol. The maximum atomic E-state index is 9.12. The van der Waals surface area contributed by atoms with Crippen LogP contribution in [0.4, 0.5) is 0 Å². The average molecular weight is 194 g/mol. The van der Waals surface area contributed by atoms with Crippen molar-refractivity contribution < 1.29 is 34.8 Å². The van der Waals surface area contributed by atoms with Crippen LogP contribution < -0.4 is 0 Å². The van der Waals surface area contributed by atoms with Crippen molar-refractivity contribution in [1.29, 1.82) is 0 Å². The number of carbonyl (C=O) groups is 3. The Bertz CT molecular complexity index is 162. The van der Waals surface area contributed by atoms with Crippen molar-refractivity contribution in [3.05, 3.63) is 13.2 Å². The molecule has 0 aromatic carbocycles. The van der Waals surface area contributed by atoms with E-state index in [2.05, 4.69) is 13.2 Å². The minimum atomic E-state index is -1.82. The van der Waals surface area contributed by atoms with Gasteiger partial charge < -0.3 is 20.4 Å². The van der Waals surface area contributed by atoms with Crippen molar-refractivity contribution >= 4 is 17.9 Å². The molecule has 0 atom stereocenters. The topological polar surface area (TPSA) is 132 Å². The molecule has 7 heteroatoms. The number of hydrogen-bond acceptors (Lipinski definition) is 4. The first-order valence-corrected chi connectivity index (χ1v) is 2.70. The highest BCUT2D eigenvalue weighted by Gasteiger charge is 2.04. The molecule has 0 rings (SSSR count). The largest absolute Gasteiger partial charge is 0.480 e. The third kappa shape index (κ3) is 39.4. The van der Waals surface area contributed by atoms with Crippen molar-refractivity contribution in [1.82, 2.24) is 0 Å². The Kier molecular flexibility index (Phi) is 16.9. The molecule has 0 radical (unpaired) electrons. The Labute approximate surface area is 73.5 Å². The van der Waals surface area contributed by atoms with E-state index in [-0.39, 0.29) is 0 Å². The second-order valence-corrected chi connectivity index (χ2v) is 1.16. The zero-order valence-corrected chi connectivity index (χ0v) is 6.63. The summed E-state index contributed by atoms with van der Waals surface area (Å²) < 4.78 is 0. The van der Waals surface area contributed by atoms with Gasteiger partial charge in [-0.05, 0) is 0 Å². The lowest BCUT2D eigenvalue weighted by Gasteiger charge is -1.72. The van der Waals surface area contributed by atoms with E-state index < -0.39 is 24.5 Å². The van der Waals surface area contributed by atoms with Gasteiger partial charge >= 0.3 is 17.9 Å². The summed E-state index contributed by atoms with van der Waals surface area (Å²) in [4.78, 5) is 27.3. The van der Waals surface area contributed by atoms with Gasteiger partial charge in [0, 0.05) is 0 Å². The number of carboxylic acids is 3. The SMILES string of the molecule is C=C.O=C(O)C(=O)O.O=C(O)CO. The summed E-state index contributed by atoms with van der Waals surface area (Å²) in [6.45, 7) is 5.22.